The van der Waals surface area contributed by atoms with Crippen molar-refractivity contribution in [2.24, 2.45) is 17.8 Å². The fourth-order valence-corrected chi connectivity index (χ4v) is 8.47. The van der Waals surface area contributed by atoms with Crippen molar-refractivity contribution >= 4 is 17.9 Å². The van der Waals surface area contributed by atoms with Crippen LogP contribution in [0.2, 0.25) is 0 Å². The number of rotatable bonds is 49. The molecule has 0 aliphatic carbocycles. The molecule has 0 bridgehead atoms. The van der Waals surface area contributed by atoms with Crippen molar-refractivity contribution in [1.82, 2.24) is 0 Å². The quantitative estimate of drug-likeness (QED) is 0.0344. The smallest absolute Gasteiger partial charge is 0.306 e. The zero-order valence-electron chi connectivity index (χ0n) is 42.7. The molecule has 0 N–H and O–H groups in total. The van der Waals surface area contributed by atoms with Gasteiger partial charge in [-0.1, -0.05) is 266 Å². The normalized spacial score (nSPS) is 12.1. The molecular weight excluding hydrogens is 769 g/mol. The first kappa shape index (κ1) is 60.4. The van der Waals surface area contributed by atoms with Crippen LogP contribution in [0.5, 0.6) is 0 Å². The highest BCUT2D eigenvalue weighted by atomic mass is 16.6. The maximum Gasteiger partial charge on any atom is 0.306 e. The molecule has 0 heterocycles. The highest BCUT2D eigenvalue weighted by molar-refractivity contribution is 5.71. The Bertz CT molecular complexity index is 960. The van der Waals surface area contributed by atoms with E-state index in [1.807, 2.05) is 0 Å². The largest absolute Gasteiger partial charge is 0.462 e. The number of carbonyl (C=O) groups excluding carboxylic acids is 3. The van der Waals surface area contributed by atoms with E-state index in [0.717, 1.165) is 75.5 Å². The summed E-state index contributed by atoms with van der Waals surface area (Å²) in [5.74, 6) is 1.63. The lowest BCUT2D eigenvalue weighted by Crippen LogP contribution is -2.30. The molecule has 0 fully saturated rings. The van der Waals surface area contributed by atoms with E-state index >= 15 is 0 Å². The van der Waals surface area contributed by atoms with Crippen LogP contribution in [0.3, 0.4) is 0 Å². The number of hydrogen-bond acceptors (Lipinski definition) is 6. The molecular formula is C56H108O6. The lowest BCUT2D eigenvalue weighted by atomic mass is 10.0. The van der Waals surface area contributed by atoms with Crippen LogP contribution in [0, 0.1) is 17.8 Å². The molecule has 0 aromatic heterocycles. The first-order chi connectivity index (χ1) is 30.1. The second-order valence-electron chi connectivity index (χ2n) is 20.6. The van der Waals surface area contributed by atoms with Crippen LogP contribution in [0.25, 0.3) is 0 Å². The average molecular weight is 877 g/mol. The summed E-state index contributed by atoms with van der Waals surface area (Å²) >= 11 is 0. The van der Waals surface area contributed by atoms with E-state index in [1.165, 1.54) is 186 Å². The van der Waals surface area contributed by atoms with Gasteiger partial charge in [-0.2, -0.15) is 0 Å². The second kappa shape index (κ2) is 47.4. The summed E-state index contributed by atoms with van der Waals surface area (Å²) in [6.45, 7) is 13.7. The predicted octanol–water partition coefficient (Wildman–Crippen LogP) is 17.9. The number of esters is 3. The summed E-state index contributed by atoms with van der Waals surface area (Å²) in [6, 6.07) is 0. The molecule has 368 valence electrons. The molecule has 0 aromatic carbocycles. The first-order valence-electron chi connectivity index (χ1n) is 27.6. The number of ether oxygens (including phenoxy) is 3. The molecule has 0 rings (SSSR count). The molecule has 62 heavy (non-hydrogen) atoms. The van der Waals surface area contributed by atoms with Crippen molar-refractivity contribution in [2.45, 2.75) is 311 Å². The minimum Gasteiger partial charge on any atom is -0.462 e. The van der Waals surface area contributed by atoms with Crippen molar-refractivity contribution in [2.75, 3.05) is 13.2 Å². The van der Waals surface area contributed by atoms with E-state index < -0.39 is 6.10 Å². The Balaban J connectivity index is 4.26. The summed E-state index contributed by atoms with van der Waals surface area (Å²) in [7, 11) is 0. The Labute approximate surface area is 387 Å². The summed E-state index contributed by atoms with van der Waals surface area (Å²) < 4.78 is 16.8. The maximum absolute atomic E-state index is 12.8. The van der Waals surface area contributed by atoms with E-state index in [-0.39, 0.29) is 31.1 Å². The lowest BCUT2D eigenvalue weighted by Gasteiger charge is -2.18. The van der Waals surface area contributed by atoms with Crippen LogP contribution in [-0.4, -0.2) is 37.2 Å². The molecule has 0 saturated heterocycles. The summed E-state index contributed by atoms with van der Waals surface area (Å²) in [5, 5.41) is 0. The van der Waals surface area contributed by atoms with Crippen LogP contribution in [0.15, 0.2) is 0 Å². The third-order valence-electron chi connectivity index (χ3n) is 12.6. The van der Waals surface area contributed by atoms with E-state index in [9.17, 15) is 14.4 Å². The topological polar surface area (TPSA) is 78.9 Å². The molecule has 1 atom stereocenters. The van der Waals surface area contributed by atoms with Crippen molar-refractivity contribution in [3.8, 4) is 0 Å². The van der Waals surface area contributed by atoms with Gasteiger partial charge in [0.2, 0.25) is 0 Å². The Hall–Kier alpha value is -1.59. The fourth-order valence-electron chi connectivity index (χ4n) is 8.47. The molecule has 0 amide bonds. The van der Waals surface area contributed by atoms with Gasteiger partial charge in [0.25, 0.3) is 0 Å². The van der Waals surface area contributed by atoms with Gasteiger partial charge < -0.3 is 14.2 Å². The van der Waals surface area contributed by atoms with Gasteiger partial charge in [0.15, 0.2) is 6.10 Å². The van der Waals surface area contributed by atoms with Gasteiger partial charge in [-0.3, -0.25) is 14.4 Å². The Morgan fingerprint density at radius 2 is 0.468 bits per heavy atom. The van der Waals surface area contributed by atoms with Crippen molar-refractivity contribution in [3.63, 3.8) is 0 Å². The maximum atomic E-state index is 12.8. The van der Waals surface area contributed by atoms with Gasteiger partial charge >= 0.3 is 17.9 Å². The molecule has 0 aromatic rings. The van der Waals surface area contributed by atoms with Crippen molar-refractivity contribution < 1.29 is 28.6 Å². The lowest BCUT2D eigenvalue weighted by molar-refractivity contribution is -0.167. The van der Waals surface area contributed by atoms with E-state index in [0.29, 0.717) is 19.3 Å². The molecule has 0 saturated carbocycles. The summed E-state index contributed by atoms with van der Waals surface area (Å²) in [6.07, 6.45) is 48.1. The highest BCUT2D eigenvalue weighted by Gasteiger charge is 2.19. The molecule has 6 heteroatoms. The predicted molar refractivity (Wildman–Crippen MR) is 266 cm³/mol. The Morgan fingerprint density at radius 3 is 0.694 bits per heavy atom. The number of carbonyl (C=O) groups is 3. The standard InChI is InChI=1S/C56H108O6/c1-50(2)42-36-30-24-18-13-11-9-7-8-10-12-14-21-27-33-39-45-54(57)60-48-53(62-56(59)47-41-35-29-23-17-20-26-32-38-44-52(5)6)49-61-55(58)46-40-34-28-22-16-15-19-25-31-37-43-51(3)4/h50-53H,7-49H2,1-6H3/t53-/m1/s1. The van der Waals surface area contributed by atoms with Crippen LogP contribution in [0.4, 0.5) is 0 Å². The van der Waals surface area contributed by atoms with Crippen LogP contribution < -0.4 is 0 Å². The molecule has 0 aliphatic heterocycles. The molecule has 0 spiro atoms. The Kier molecular flexibility index (Phi) is 46.2. The minimum atomic E-state index is -0.763. The molecule has 6 nitrogen and oxygen atoms in total. The molecule has 0 radical (unpaired) electrons. The Morgan fingerprint density at radius 1 is 0.274 bits per heavy atom. The van der Waals surface area contributed by atoms with Crippen LogP contribution in [0.1, 0.15) is 305 Å². The summed E-state index contributed by atoms with van der Waals surface area (Å²) in [4.78, 5) is 38.0. The second-order valence-corrected chi connectivity index (χ2v) is 20.6. The van der Waals surface area contributed by atoms with Gasteiger partial charge in [0.05, 0.1) is 0 Å². The van der Waals surface area contributed by atoms with Crippen molar-refractivity contribution in [1.29, 1.82) is 0 Å². The van der Waals surface area contributed by atoms with Gasteiger partial charge in [-0.25, -0.2) is 0 Å². The highest BCUT2D eigenvalue weighted by Crippen LogP contribution is 2.18. The minimum absolute atomic E-state index is 0.0643. The first-order valence-corrected chi connectivity index (χ1v) is 27.6. The fraction of sp³-hybridized carbons (Fsp3) is 0.946. The SMILES string of the molecule is CC(C)CCCCCCCCCCCCCCCCCCC(=O)OC[C@H](COC(=O)CCCCCCCCCCCCC(C)C)OC(=O)CCCCCCCCCCCC(C)C. The van der Waals surface area contributed by atoms with E-state index in [4.69, 9.17) is 14.2 Å². The zero-order valence-corrected chi connectivity index (χ0v) is 42.7. The van der Waals surface area contributed by atoms with Crippen LogP contribution >= 0.6 is 0 Å². The van der Waals surface area contributed by atoms with Gasteiger partial charge in [-0.05, 0) is 37.0 Å². The monoisotopic (exact) mass is 877 g/mol. The third-order valence-corrected chi connectivity index (χ3v) is 12.6. The van der Waals surface area contributed by atoms with E-state index in [2.05, 4.69) is 41.5 Å². The van der Waals surface area contributed by atoms with Gasteiger partial charge in [0, 0.05) is 19.3 Å². The molecule has 0 aliphatic rings. The average Bonchev–Trinajstić information content (AvgIpc) is 3.23. The van der Waals surface area contributed by atoms with Gasteiger partial charge in [-0.15, -0.1) is 0 Å². The van der Waals surface area contributed by atoms with Gasteiger partial charge in [0.1, 0.15) is 13.2 Å². The van der Waals surface area contributed by atoms with E-state index in [1.54, 1.807) is 0 Å². The van der Waals surface area contributed by atoms with Crippen molar-refractivity contribution in [3.05, 3.63) is 0 Å². The van der Waals surface area contributed by atoms with Crippen LogP contribution in [-0.2, 0) is 28.6 Å². The number of unbranched alkanes of at least 4 members (excludes halogenated alkanes) is 32. The third kappa shape index (κ3) is 49.4. The zero-order chi connectivity index (χ0) is 45.6. The summed E-state index contributed by atoms with van der Waals surface area (Å²) in [5.41, 5.74) is 0. The number of hydrogen-bond donors (Lipinski definition) is 0. The molecule has 0 unspecified atom stereocenters.